The van der Waals surface area contributed by atoms with Gasteiger partial charge in [0, 0.05) is 26.2 Å². The molecule has 0 saturated carbocycles. The number of halogens is 1. The third-order valence-corrected chi connectivity index (χ3v) is 4.19. The van der Waals surface area contributed by atoms with E-state index in [1.807, 2.05) is 6.92 Å². The second kappa shape index (κ2) is 5.95. The normalized spacial score (nSPS) is 19.6. The average molecular weight is 347 g/mol. The van der Waals surface area contributed by atoms with E-state index in [4.69, 9.17) is 4.74 Å². The third-order valence-electron chi connectivity index (χ3n) is 2.90. The molecule has 0 aromatic carbocycles. The summed E-state index contributed by atoms with van der Waals surface area (Å²) in [5.74, 6) is 2.49. The molecule has 1 aromatic heterocycles. The Morgan fingerprint density at radius 2 is 2.29 bits per heavy atom. The van der Waals surface area contributed by atoms with Gasteiger partial charge in [0.1, 0.15) is 11.6 Å². The van der Waals surface area contributed by atoms with Gasteiger partial charge in [-0.2, -0.15) is 0 Å². The maximum Gasteiger partial charge on any atom is 0.143 e. The molecule has 94 valence electrons. The van der Waals surface area contributed by atoms with E-state index >= 15 is 0 Å². The first-order valence-electron chi connectivity index (χ1n) is 6.05. The number of anilines is 1. The molecule has 4 nitrogen and oxygen atoms in total. The largest absolute Gasteiger partial charge is 0.381 e. The monoisotopic (exact) mass is 347 g/mol. The van der Waals surface area contributed by atoms with Crippen LogP contribution in [0.25, 0.3) is 0 Å². The van der Waals surface area contributed by atoms with E-state index in [9.17, 15) is 0 Å². The molecule has 0 radical (unpaired) electrons. The summed E-state index contributed by atoms with van der Waals surface area (Å²) in [6.45, 7) is 6.74. The fourth-order valence-electron chi connectivity index (χ4n) is 2.00. The molecule has 0 aliphatic carbocycles. The summed E-state index contributed by atoms with van der Waals surface area (Å²) in [6.07, 6.45) is 2.06. The molecule has 2 heterocycles. The maximum absolute atomic E-state index is 5.39. The van der Waals surface area contributed by atoms with Gasteiger partial charge in [-0.15, -0.1) is 0 Å². The fraction of sp³-hybridized carbons (Fsp3) is 0.667. The zero-order chi connectivity index (χ0) is 12.3. The lowest BCUT2D eigenvalue weighted by atomic mass is 10.0. The molecule has 1 unspecified atom stereocenters. The molecular weight excluding hydrogens is 329 g/mol. The Balaban J connectivity index is 2.16. The van der Waals surface area contributed by atoms with Crippen molar-refractivity contribution in [1.82, 2.24) is 9.97 Å². The number of aryl methyl sites for hydroxylation is 1. The Morgan fingerprint density at radius 1 is 1.47 bits per heavy atom. The minimum atomic E-state index is 0.587. The number of aromatic nitrogens is 2. The highest BCUT2D eigenvalue weighted by Crippen LogP contribution is 2.21. The molecule has 1 N–H and O–H groups in total. The first-order valence-corrected chi connectivity index (χ1v) is 7.13. The van der Waals surface area contributed by atoms with Crippen LogP contribution < -0.4 is 5.32 Å². The lowest BCUT2D eigenvalue weighted by Crippen LogP contribution is -2.12. The smallest absolute Gasteiger partial charge is 0.143 e. The Morgan fingerprint density at radius 3 is 2.94 bits per heavy atom. The van der Waals surface area contributed by atoms with Crippen LogP contribution in [-0.4, -0.2) is 29.7 Å². The summed E-state index contributed by atoms with van der Waals surface area (Å²) in [5, 5.41) is 3.29. The molecule has 1 fully saturated rings. The van der Waals surface area contributed by atoms with E-state index in [-0.39, 0.29) is 0 Å². The summed E-state index contributed by atoms with van der Waals surface area (Å²) in [4.78, 5) is 9.17. The highest BCUT2D eigenvalue weighted by molar-refractivity contribution is 14.1. The van der Waals surface area contributed by atoms with Crippen LogP contribution >= 0.6 is 22.6 Å². The lowest BCUT2D eigenvalue weighted by Gasteiger charge is -2.11. The number of hydrogen-bond acceptors (Lipinski definition) is 4. The van der Waals surface area contributed by atoms with Crippen LogP contribution in [0.5, 0.6) is 0 Å². The Hall–Kier alpha value is -0.430. The van der Waals surface area contributed by atoms with Crippen LogP contribution in [-0.2, 0) is 11.2 Å². The Bertz CT molecular complexity index is 392. The summed E-state index contributed by atoms with van der Waals surface area (Å²) >= 11 is 2.30. The van der Waals surface area contributed by atoms with Crippen LogP contribution in [0.15, 0.2) is 0 Å². The van der Waals surface area contributed by atoms with Crippen LogP contribution in [0.3, 0.4) is 0 Å². The second-order valence-corrected chi connectivity index (χ2v) is 5.43. The van der Waals surface area contributed by atoms with Gasteiger partial charge < -0.3 is 10.1 Å². The number of rotatable bonds is 4. The highest BCUT2D eigenvalue weighted by atomic mass is 127. The molecule has 1 aromatic rings. The van der Waals surface area contributed by atoms with Gasteiger partial charge in [-0.1, -0.05) is 0 Å². The fourth-order valence-corrected chi connectivity index (χ4v) is 2.43. The van der Waals surface area contributed by atoms with Gasteiger partial charge in [-0.3, -0.25) is 0 Å². The van der Waals surface area contributed by atoms with Crippen molar-refractivity contribution in [2.24, 2.45) is 5.92 Å². The number of hydrogen-bond donors (Lipinski definition) is 1. The zero-order valence-electron chi connectivity index (χ0n) is 10.3. The van der Waals surface area contributed by atoms with Gasteiger partial charge in [-0.25, -0.2) is 9.97 Å². The molecule has 0 amide bonds. The van der Waals surface area contributed by atoms with Crippen molar-refractivity contribution in [2.45, 2.75) is 26.7 Å². The standard InChI is InChI=1S/C12H18IN3O/c1-3-14-12-11(13)8(2)15-10(16-12)6-9-4-5-17-7-9/h9H,3-7H2,1-2H3,(H,14,15,16). The molecule has 1 aliphatic rings. The molecule has 5 heteroatoms. The van der Waals surface area contributed by atoms with Gasteiger partial charge >= 0.3 is 0 Å². The van der Waals surface area contributed by atoms with Crippen molar-refractivity contribution in [3.63, 3.8) is 0 Å². The van der Waals surface area contributed by atoms with Crippen molar-refractivity contribution in [3.05, 3.63) is 15.1 Å². The van der Waals surface area contributed by atoms with E-state index in [1.165, 1.54) is 0 Å². The third kappa shape index (κ3) is 3.28. The van der Waals surface area contributed by atoms with Gasteiger partial charge in [0.05, 0.1) is 9.26 Å². The average Bonchev–Trinajstić information content (AvgIpc) is 2.78. The molecule has 1 atom stereocenters. The lowest BCUT2D eigenvalue weighted by molar-refractivity contribution is 0.185. The Kier molecular flexibility index (Phi) is 4.55. The van der Waals surface area contributed by atoms with E-state index in [0.717, 1.165) is 53.5 Å². The predicted molar refractivity (Wildman–Crippen MR) is 76.3 cm³/mol. The molecule has 1 saturated heterocycles. The quantitative estimate of drug-likeness (QED) is 0.850. The van der Waals surface area contributed by atoms with E-state index < -0.39 is 0 Å². The van der Waals surface area contributed by atoms with Gasteiger partial charge in [0.2, 0.25) is 0 Å². The molecule has 0 bridgehead atoms. The van der Waals surface area contributed by atoms with E-state index in [0.29, 0.717) is 5.92 Å². The topological polar surface area (TPSA) is 47.0 Å². The van der Waals surface area contributed by atoms with Crippen molar-refractivity contribution >= 4 is 28.4 Å². The zero-order valence-corrected chi connectivity index (χ0v) is 12.5. The van der Waals surface area contributed by atoms with Crippen molar-refractivity contribution < 1.29 is 4.74 Å². The molecule has 0 spiro atoms. The maximum atomic E-state index is 5.39. The highest BCUT2D eigenvalue weighted by Gasteiger charge is 2.18. The van der Waals surface area contributed by atoms with Gasteiger partial charge in [-0.05, 0) is 48.8 Å². The first-order chi connectivity index (χ1) is 8.20. The minimum absolute atomic E-state index is 0.587. The summed E-state index contributed by atoms with van der Waals surface area (Å²) in [7, 11) is 0. The van der Waals surface area contributed by atoms with Crippen LogP contribution in [0, 0.1) is 16.4 Å². The van der Waals surface area contributed by atoms with E-state index in [1.54, 1.807) is 0 Å². The summed E-state index contributed by atoms with van der Waals surface area (Å²) in [6, 6.07) is 0. The number of nitrogens with one attached hydrogen (secondary N) is 1. The van der Waals surface area contributed by atoms with Crippen molar-refractivity contribution in [1.29, 1.82) is 0 Å². The predicted octanol–water partition coefficient (Wildman–Crippen LogP) is 2.40. The SMILES string of the molecule is CCNc1nc(CC2CCOC2)nc(C)c1I. The number of ether oxygens (including phenoxy) is 1. The first kappa shape index (κ1) is 13.0. The van der Waals surface area contributed by atoms with Crippen LogP contribution in [0.1, 0.15) is 24.9 Å². The summed E-state index contributed by atoms with van der Waals surface area (Å²) < 4.78 is 6.51. The molecule has 17 heavy (non-hydrogen) atoms. The molecule has 2 rings (SSSR count). The molecule has 1 aliphatic heterocycles. The molecular formula is C12H18IN3O. The minimum Gasteiger partial charge on any atom is -0.381 e. The van der Waals surface area contributed by atoms with Crippen molar-refractivity contribution in [2.75, 3.05) is 25.1 Å². The summed E-state index contributed by atoms with van der Waals surface area (Å²) in [5.41, 5.74) is 1.06. The number of nitrogens with zero attached hydrogens (tertiary/aromatic N) is 2. The van der Waals surface area contributed by atoms with Crippen LogP contribution in [0.2, 0.25) is 0 Å². The van der Waals surface area contributed by atoms with Crippen LogP contribution in [0.4, 0.5) is 5.82 Å². The van der Waals surface area contributed by atoms with Gasteiger partial charge in [0.25, 0.3) is 0 Å². The van der Waals surface area contributed by atoms with E-state index in [2.05, 4.69) is 44.8 Å². The van der Waals surface area contributed by atoms with Gasteiger partial charge in [0.15, 0.2) is 0 Å². The second-order valence-electron chi connectivity index (χ2n) is 4.35. The van der Waals surface area contributed by atoms with Crippen molar-refractivity contribution in [3.8, 4) is 0 Å². The Labute approximate surface area is 116 Å².